The van der Waals surface area contributed by atoms with Crippen molar-refractivity contribution in [3.05, 3.63) is 113 Å². The summed E-state index contributed by atoms with van der Waals surface area (Å²) in [4.78, 5) is 24.1. The van der Waals surface area contributed by atoms with Crippen LogP contribution in [0.4, 0.5) is 19.3 Å². The van der Waals surface area contributed by atoms with E-state index in [2.05, 4.69) is 10.6 Å². The van der Waals surface area contributed by atoms with Gasteiger partial charge in [0.05, 0.1) is 24.9 Å². The Morgan fingerprint density at radius 1 is 0.800 bits per heavy atom. The van der Waals surface area contributed by atoms with Crippen molar-refractivity contribution in [2.24, 2.45) is 0 Å². The maximum Gasteiger partial charge on any atom is 0.407 e. The highest BCUT2D eigenvalue weighted by Gasteiger charge is 2.18. The Kier molecular flexibility index (Phi) is 11.0. The monoisotopic (exact) mass is 618 g/mol. The minimum absolute atomic E-state index is 0.0327. The molecule has 0 unspecified atom stereocenters. The zero-order valence-corrected chi connectivity index (χ0v) is 25.6. The van der Waals surface area contributed by atoms with Crippen molar-refractivity contribution in [2.75, 3.05) is 25.6 Å². The largest absolute Gasteiger partial charge is 0.491 e. The van der Waals surface area contributed by atoms with Crippen LogP contribution in [0.2, 0.25) is 0 Å². The Morgan fingerprint density at radius 2 is 1.53 bits per heavy atom. The highest BCUT2D eigenvalue weighted by atomic mass is 19.1. The molecule has 0 aromatic heterocycles. The van der Waals surface area contributed by atoms with Crippen LogP contribution in [-0.4, -0.2) is 37.9 Å². The molecule has 10 heteroatoms. The van der Waals surface area contributed by atoms with E-state index in [0.717, 1.165) is 11.6 Å². The number of hydrogen-bond acceptors (Lipinski definition) is 7. The first-order valence-corrected chi connectivity index (χ1v) is 14.3. The number of benzene rings is 4. The van der Waals surface area contributed by atoms with Crippen molar-refractivity contribution < 1.29 is 37.3 Å². The van der Waals surface area contributed by atoms with E-state index in [1.807, 2.05) is 30.3 Å². The average Bonchev–Trinajstić information content (AvgIpc) is 3.01. The smallest absolute Gasteiger partial charge is 0.407 e. The van der Waals surface area contributed by atoms with E-state index in [1.54, 1.807) is 63.2 Å². The van der Waals surface area contributed by atoms with Crippen LogP contribution in [0.25, 0.3) is 11.1 Å². The fourth-order valence-corrected chi connectivity index (χ4v) is 4.36. The van der Waals surface area contributed by atoms with E-state index in [0.29, 0.717) is 28.2 Å². The normalized spacial score (nSPS) is 11.0. The lowest BCUT2D eigenvalue weighted by atomic mass is 10.0. The molecule has 4 aromatic carbocycles. The first kappa shape index (κ1) is 32.8. The molecule has 4 aromatic rings. The molecule has 1 amide bonds. The standard InChI is InChI=1S/C35H36F2N2O6/c1-35(2,3)45-34(41)38-16-17-43-32-13-9-8-12-26(32)27-19-30(29(37)20-28(27)36)39-21-25-18-24(33(40)42-4)14-15-31(25)44-22-23-10-6-5-7-11-23/h5-15,18-20,39H,16-17,21-22H2,1-4H3,(H,38,41). The van der Waals surface area contributed by atoms with Gasteiger partial charge in [-0.2, -0.15) is 0 Å². The van der Waals surface area contributed by atoms with Gasteiger partial charge in [-0.1, -0.05) is 48.5 Å². The van der Waals surface area contributed by atoms with Crippen molar-refractivity contribution >= 4 is 17.7 Å². The fraction of sp³-hybridized carbons (Fsp3) is 0.257. The maximum atomic E-state index is 15.1. The Morgan fingerprint density at radius 3 is 2.27 bits per heavy atom. The molecule has 0 aliphatic heterocycles. The number of esters is 1. The van der Waals surface area contributed by atoms with Gasteiger partial charge in [0, 0.05) is 29.3 Å². The summed E-state index contributed by atoms with van der Waals surface area (Å²) in [5.41, 5.74) is 1.72. The van der Waals surface area contributed by atoms with Crippen molar-refractivity contribution in [3.8, 4) is 22.6 Å². The molecule has 0 aliphatic carbocycles. The van der Waals surface area contributed by atoms with Crippen LogP contribution in [0.5, 0.6) is 11.5 Å². The number of nitrogens with one attached hydrogen (secondary N) is 2. The van der Waals surface area contributed by atoms with Crippen LogP contribution in [0.15, 0.2) is 84.9 Å². The Bertz CT molecular complexity index is 1620. The third-order valence-corrected chi connectivity index (χ3v) is 6.45. The number of alkyl carbamates (subject to hydrolysis) is 1. The molecule has 2 N–H and O–H groups in total. The van der Waals surface area contributed by atoms with Gasteiger partial charge < -0.3 is 29.6 Å². The molecule has 0 atom stereocenters. The second-order valence-electron chi connectivity index (χ2n) is 11.0. The van der Waals surface area contributed by atoms with Gasteiger partial charge in [0.25, 0.3) is 0 Å². The van der Waals surface area contributed by atoms with Gasteiger partial charge in [0.1, 0.15) is 41.9 Å². The molecular weight excluding hydrogens is 582 g/mol. The second kappa shape index (κ2) is 15.1. The lowest BCUT2D eigenvalue weighted by molar-refractivity contribution is 0.0519. The summed E-state index contributed by atoms with van der Waals surface area (Å²) in [6.07, 6.45) is -0.578. The quantitative estimate of drug-likeness (QED) is 0.125. The summed E-state index contributed by atoms with van der Waals surface area (Å²) in [6.45, 7) is 5.87. The Balaban J connectivity index is 1.52. The number of para-hydroxylation sites is 1. The predicted molar refractivity (Wildman–Crippen MR) is 167 cm³/mol. The van der Waals surface area contributed by atoms with E-state index in [4.69, 9.17) is 18.9 Å². The number of hydrogen-bond donors (Lipinski definition) is 2. The topological polar surface area (TPSA) is 95.1 Å². The molecule has 0 aliphatic rings. The van der Waals surface area contributed by atoms with Gasteiger partial charge in [0.2, 0.25) is 0 Å². The lowest BCUT2D eigenvalue weighted by Crippen LogP contribution is -2.34. The molecule has 0 fully saturated rings. The summed E-state index contributed by atoms with van der Waals surface area (Å²) in [5, 5.41) is 5.62. The molecule has 236 valence electrons. The Hall–Kier alpha value is -5.12. The zero-order valence-electron chi connectivity index (χ0n) is 25.6. The van der Waals surface area contributed by atoms with Gasteiger partial charge in [-0.3, -0.25) is 0 Å². The maximum absolute atomic E-state index is 15.1. The van der Waals surface area contributed by atoms with Crippen LogP contribution < -0.4 is 20.1 Å². The van der Waals surface area contributed by atoms with E-state index in [1.165, 1.54) is 13.2 Å². The number of anilines is 1. The summed E-state index contributed by atoms with van der Waals surface area (Å²) in [5.74, 6) is -1.27. The number of carbonyl (C=O) groups is 2. The van der Waals surface area contributed by atoms with Crippen LogP contribution in [0.3, 0.4) is 0 Å². The van der Waals surface area contributed by atoms with E-state index < -0.39 is 29.3 Å². The number of halogens is 2. The number of ether oxygens (including phenoxy) is 4. The van der Waals surface area contributed by atoms with Gasteiger partial charge in [-0.05, 0) is 56.7 Å². The third-order valence-electron chi connectivity index (χ3n) is 6.45. The SMILES string of the molecule is COC(=O)c1ccc(OCc2ccccc2)c(CNc2cc(-c3ccccc3OCCNC(=O)OC(C)(C)C)c(F)cc2F)c1. The summed E-state index contributed by atoms with van der Waals surface area (Å²) in [6, 6.07) is 23.3. The molecule has 8 nitrogen and oxygen atoms in total. The van der Waals surface area contributed by atoms with E-state index >= 15 is 8.78 Å². The number of methoxy groups -OCH3 is 1. The van der Waals surface area contributed by atoms with Crippen LogP contribution in [-0.2, 0) is 22.6 Å². The number of amides is 1. The number of rotatable bonds is 12. The van der Waals surface area contributed by atoms with Crippen LogP contribution >= 0.6 is 0 Å². The van der Waals surface area contributed by atoms with Crippen molar-refractivity contribution in [3.63, 3.8) is 0 Å². The van der Waals surface area contributed by atoms with Crippen molar-refractivity contribution in [1.29, 1.82) is 0 Å². The van der Waals surface area contributed by atoms with Crippen LogP contribution in [0, 0.1) is 11.6 Å². The molecule has 0 saturated carbocycles. The zero-order chi connectivity index (χ0) is 32.4. The van der Waals surface area contributed by atoms with Crippen molar-refractivity contribution in [2.45, 2.75) is 39.5 Å². The third kappa shape index (κ3) is 9.43. The molecule has 0 saturated heterocycles. The number of carbonyl (C=O) groups excluding carboxylic acids is 2. The Labute approximate surface area is 261 Å². The summed E-state index contributed by atoms with van der Waals surface area (Å²) >= 11 is 0. The van der Waals surface area contributed by atoms with Gasteiger partial charge in [0.15, 0.2) is 0 Å². The molecule has 0 radical (unpaired) electrons. The molecular formula is C35H36F2N2O6. The van der Waals surface area contributed by atoms with Gasteiger partial charge in [-0.25, -0.2) is 18.4 Å². The van der Waals surface area contributed by atoms with E-state index in [-0.39, 0.29) is 37.6 Å². The average molecular weight is 619 g/mol. The highest BCUT2D eigenvalue weighted by Crippen LogP contribution is 2.35. The molecule has 0 spiro atoms. The van der Waals surface area contributed by atoms with Gasteiger partial charge in [-0.15, -0.1) is 0 Å². The lowest BCUT2D eigenvalue weighted by Gasteiger charge is -2.20. The molecule has 0 bridgehead atoms. The fourth-order valence-electron chi connectivity index (χ4n) is 4.36. The second-order valence-corrected chi connectivity index (χ2v) is 11.0. The highest BCUT2D eigenvalue weighted by molar-refractivity contribution is 5.89. The first-order valence-electron chi connectivity index (χ1n) is 14.3. The minimum Gasteiger partial charge on any atom is -0.491 e. The summed E-state index contributed by atoms with van der Waals surface area (Å²) in [7, 11) is 1.29. The van der Waals surface area contributed by atoms with E-state index in [9.17, 15) is 9.59 Å². The molecule has 4 rings (SSSR count). The minimum atomic E-state index is -0.799. The van der Waals surface area contributed by atoms with Crippen LogP contribution in [0.1, 0.15) is 42.3 Å². The van der Waals surface area contributed by atoms with Crippen molar-refractivity contribution in [1.82, 2.24) is 5.32 Å². The predicted octanol–water partition coefficient (Wildman–Crippen LogP) is 7.51. The summed E-state index contributed by atoms with van der Waals surface area (Å²) < 4.78 is 52.1. The first-order chi connectivity index (χ1) is 21.5. The molecule has 0 heterocycles. The molecule has 45 heavy (non-hydrogen) atoms. The van der Waals surface area contributed by atoms with Gasteiger partial charge >= 0.3 is 12.1 Å².